The second-order valence-corrected chi connectivity index (χ2v) is 8.90. The van der Waals surface area contributed by atoms with Gasteiger partial charge in [-0.05, 0) is 43.7 Å². The van der Waals surface area contributed by atoms with Crippen molar-refractivity contribution in [3.05, 3.63) is 59.5 Å². The fraction of sp³-hybridized carbons (Fsp3) is 0.320. The van der Waals surface area contributed by atoms with Gasteiger partial charge in [0.05, 0.1) is 17.9 Å². The van der Waals surface area contributed by atoms with Crippen LogP contribution in [-0.4, -0.2) is 51.4 Å². The fourth-order valence-electron chi connectivity index (χ4n) is 4.82. The summed E-state index contributed by atoms with van der Waals surface area (Å²) in [6, 6.07) is 7.48. The summed E-state index contributed by atoms with van der Waals surface area (Å²) in [5.74, 6) is -0.652. The third kappa shape index (κ3) is 3.73. The van der Waals surface area contributed by atoms with Gasteiger partial charge in [-0.25, -0.2) is 18.2 Å². The molecule has 2 aromatic heterocycles. The van der Waals surface area contributed by atoms with Crippen LogP contribution in [0.1, 0.15) is 23.2 Å². The number of hydrogen-bond donors (Lipinski definition) is 2. The quantitative estimate of drug-likeness (QED) is 0.543. The lowest BCUT2D eigenvalue weighted by molar-refractivity contribution is 0.0528. The highest BCUT2D eigenvalue weighted by molar-refractivity contribution is 5.77. The van der Waals surface area contributed by atoms with Crippen LogP contribution in [-0.2, 0) is 0 Å². The smallest absolute Gasteiger partial charge is 0.263 e. The van der Waals surface area contributed by atoms with Crippen molar-refractivity contribution < 1.29 is 23.0 Å². The minimum absolute atomic E-state index is 0.0440. The van der Waals surface area contributed by atoms with E-state index in [1.807, 2.05) is 19.9 Å². The van der Waals surface area contributed by atoms with Crippen molar-refractivity contribution in [3.8, 4) is 22.9 Å². The molecular weight excluding hydrogens is 459 g/mol. The zero-order valence-corrected chi connectivity index (χ0v) is 19.2. The Kier molecular flexibility index (Phi) is 5.53. The van der Waals surface area contributed by atoms with Gasteiger partial charge in [-0.3, -0.25) is 0 Å². The minimum atomic E-state index is -2.69. The molecule has 3 aromatic rings. The number of nitrogens with zero attached hydrogens (tertiary/aromatic N) is 4. The molecule has 0 unspecified atom stereocenters. The summed E-state index contributed by atoms with van der Waals surface area (Å²) in [6.07, 6.45) is -1.48. The van der Waals surface area contributed by atoms with Crippen LogP contribution in [0.3, 0.4) is 0 Å². The number of rotatable bonds is 5. The van der Waals surface area contributed by atoms with E-state index in [2.05, 4.69) is 27.1 Å². The standard InChI is InChI=1S/C25H24F3N5O2/c1-4-15-8-13(2)23(30-14(15)3)35-16-10-25(24(27)28)12-29-22-20(33(25)11-16)9-19(31-32-22)17-6-5-7-18(26)21(17)34/h4-9,16,24,34H,1,10-12H2,2-3H3,(H,29,32)/t16-,25-/m1/s1. The van der Waals surface area contributed by atoms with E-state index in [-0.39, 0.29) is 30.8 Å². The van der Waals surface area contributed by atoms with Gasteiger partial charge in [0.25, 0.3) is 6.43 Å². The number of para-hydroxylation sites is 1. The number of phenolic OH excluding ortho intramolecular Hbond substituents is 1. The lowest BCUT2D eigenvalue weighted by Gasteiger charge is -2.43. The number of alkyl halides is 2. The number of fused-ring (bicyclic) bond motifs is 3. The van der Waals surface area contributed by atoms with Crippen molar-refractivity contribution in [3.63, 3.8) is 0 Å². The molecule has 4 heterocycles. The Bertz CT molecular complexity index is 1320. The van der Waals surface area contributed by atoms with Gasteiger partial charge in [0.1, 0.15) is 11.6 Å². The van der Waals surface area contributed by atoms with Crippen LogP contribution >= 0.6 is 0 Å². The first-order chi connectivity index (χ1) is 16.7. The third-order valence-corrected chi connectivity index (χ3v) is 6.69. The number of anilines is 2. The second kappa shape index (κ2) is 8.44. The summed E-state index contributed by atoms with van der Waals surface area (Å²) in [5, 5.41) is 21.3. The molecule has 2 aliphatic rings. The van der Waals surface area contributed by atoms with E-state index in [4.69, 9.17) is 4.74 Å². The van der Waals surface area contributed by atoms with E-state index in [9.17, 15) is 18.3 Å². The van der Waals surface area contributed by atoms with Crippen LogP contribution in [0.15, 0.2) is 36.9 Å². The first-order valence-electron chi connectivity index (χ1n) is 11.2. The molecule has 2 N–H and O–H groups in total. The first-order valence-corrected chi connectivity index (χ1v) is 11.2. The average molecular weight is 483 g/mol. The second-order valence-electron chi connectivity index (χ2n) is 8.90. The Morgan fingerprint density at radius 3 is 2.83 bits per heavy atom. The molecule has 0 aliphatic carbocycles. The summed E-state index contributed by atoms with van der Waals surface area (Å²) in [6.45, 7) is 7.59. The van der Waals surface area contributed by atoms with Gasteiger partial charge in [-0.1, -0.05) is 18.7 Å². The first kappa shape index (κ1) is 22.9. The summed E-state index contributed by atoms with van der Waals surface area (Å²) in [4.78, 5) is 6.09. The lowest BCUT2D eigenvalue weighted by Crippen LogP contribution is -2.57. The highest BCUT2D eigenvalue weighted by Crippen LogP contribution is 2.46. The van der Waals surface area contributed by atoms with E-state index >= 15 is 0 Å². The van der Waals surface area contributed by atoms with E-state index in [1.54, 1.807) is 11.0 Å². The molecule has 1 aromatic carbocycles. The number of aromatic hydroxyl groups is 1. The molecule has 0 spiro atoms. The largest absolute Gasteiger partial charge is 0.504 e. The SMILES string of the molecule is C=Cc1cc(C)c(O[C@H]2CN3c4cc(-c5cccc(F)c5O)nnc4NC[C@@]3(C(F)F)C2)nc1C. The number of ether oxygens (including phenoxy) is 1. The van der Waals surface area contributed by atoms with Gasteiger partial charge in [-0.15, -0.1) is 10.2 Å². The molecule has 0 amide bonds. The molecule has 2 aliphatic heterocycles. The Morgan fingerprint density at radius 1 is 1.29 bits per heavy atom. The predicted octanol–water partition coefficient (Wildman–Crippen LogP) is 4.73. The summed E-state index contributed by atoms with van der Waals surface area (Å²) >= 11 is 0. The third-order valence-electron chi connectivity index (χ3n) is 6.69. The van der Waals surface area contributed by atoms with Gasteiger partial charge in [-0.2, -0.15) is 0 Å². The summed E-state index contributed by atoms with van der Waals surface area (Å²) in [7, 11) is 0. The van der Waals surface area contributed by atoms with E-state index in [1.165, 1.54) is 18.2 Å². The number of hydrogen-bond acceptors (Lipinski definition) is 7. The van der Waals surface area contributed by atoms with Gasteiger partial charge < -0.3 is 20.1 Å². The van der Waals surface area contributed by atoms with Gasteiger partial charge in [0, 0.05) is 29.8 Å². The normalized spacial score (nSPS) is 20.9. The predicted molar refractivity (Wildman–Crippen MR) is 126 cm³/mol. The van der Waals surface area contributed by atoms with Crippen molar-refractivity contribution in [1.82, 2.24) is 15.2 Å². The van der Waals surface area contributed by atoms with Crippen LogP contribution < -0.4 is 15.0 Å². The number of phenols is 1. The molecular formula is C25H24F3N5O2. The Balaban J connectivity index is 1.51. The van der Waals surface area contributed by atoms with Gasteiger partial charge in [0.15, 0.2) is 17.4 Å². The number of aryl methyl sites for hydroxylation is 2. The van der Waals surface area contributed by atoms with Crippen molar-refractivity contribution >= 4 is 17.6 Å². The Labute approximate surface area is 200 Å². The van der Waals surface area contributed by atoms with Crippen molar-refractivity contribution in [1.29, 1.82) is 0 Å². The number of nitrogens with one attached hydrogen (secondary N) is 1. The maximum Gasteiger partial charge on any atom is 0.263 e. The van der Waals surface area contributed by atoms with Crippen LogP contribution in [0, 0.1) is 19.7 Å². The Hall–Kier alpha value is -3.82. The molecule has 5 rings (SSSR count). The fourth-order valence-corrected chi connectivity index (χ4v) is 4.82. The van der Waals surface area contributed by atoms with Crippen LogP contribution in [0.2, 0.25) is 0 Å². The monoisotopic (exact) mass is 483 g/mol. The molecule has 0 saturated carbocycles. The highest BCUT2D eigenvalue weighted by Gasteiger charge is 2.56. The van der Waals surface area contributed by atoms with Crippen LogP contribution in [0.4, 0.5) is 24.7 Å². The average Bonchev–Trinajstić information content (AvgIpc) is 3.23. The number of aromatic nitrogens is 3. The molecule has 1 saturated heterocycles. The lowest BCUT2D eigenvalue weighted by atomic mass is 9.93. The molecule has 0 bridgehead atoms. The van der Waals surface area contributed by atoms with Gasteiger partial charge in [0.2, 0.25) is 5.88 Å². The maximum absolute atomic E-state index is 14.6. The molecule has 7 nitrogen and oxygen atoms in total. The maximum atomic E-state index is 14.6. The molecule has 182 valence electrons. The number of benzene rings is 1. The van der Waals surface area contributed by atoms with Crippen LogP contribution in [0.25, 0.3) is 17.3 Å². The van der Waals surface area contributed by atoms with Crippen molar-refractivity contribution in [2.75, 3.05) is 23.3 Å². The van der Waals surface area contributed by atoms with E-state index < -0.39 is 29.6 Å². The summed E-state index contributed by atoms with van der Waals surface area (Å²) in [5.41, 5.74) is 1.55. The zero-order chi connectivity index (χ0) is 24.9. The Morgan fingerprint density at radius 2 is 2.09 bits per heavy atom. The van der Waals surface area contributed by atoms with Crippen molar-refractivity contribution in [2.45, 2.75) is 38.3 Å². The molecule has 2 atom stereocenters. The molecule has 1 fully saturated rings. The van der Waals surface area contributed by atoms with Gasteiger partial charge >= 0.3 is 0 Å². The molecule has 0 radical (unpaired) electrons. The van der Waals surface area contributed by atoms with E-state index in [0.29, 0.717) is 17.4 Å². The number of halogens is 3. The van der Waals surface area contributed by atoms with Crippen LogP contribution in [0.5, 0.6) is 11.6 Å². The molecule has 10 heteroatoms. The minimum Gasteiger partial charge on any atom is -0.504 e. The summed E-state index contributed by atoms with van der Waals surface area (Å²) < 4.78 is 49.2. The molecule has 35 heavy (non-hydrogen) atoms. The highest BCUT2D eigenvalue weighted by atomic mass is 19.3. The number of pyridine rings is 1. The zero-order valence-electron chi connectivity index (χ0n) is 19.2. The topological polar surface area (TPSA) is 83.4 Å². The van der Waals surface area contributed by atoms with Crippen molar-refractivity contribution in [2.24, 2.45) is 0 Å². The van der Waals surface area contributed by atoms with E-state index in [0.717, 1.165) is 22.9 Å².